The molecule has 0 unspecified atom stereocenters. The fraction of sp³-hybridized carbons (Fsp3) is 0. The summed E-state index contributed by atoms with van der Waals surface area (Å²) < 4.78 is 0. The monoisotopic (exact) mass is 238 g/mol. The molecule has 0 saturated heterocycles. The first-order valence-electron chi connectivity index (χ1n) is 4.68. The summed E-state index contributed by atoms with van der Waals surface area (Å²) >= 11 is 0. The zero-order valence-corrected chi connectivity index (χ0v) is 11.5. The van der Waals surface area contributed by atoms with E-state index in [0.29, 0.717) is 5.56 Å². The third-order valence-corrected chi connectivity index (χ3v) is 1.77. The molecule has 0 aliphatic heterocycles. The molecule has 0 fully saturated rings. The van der Waals surface area contributed by atoms with Gasteiger partial charge in [-0.1, -0.05) is 30.3 Å². The van der Waals surface area contributed by atoms with Crippen molar-refractivity contribution in [1.82, 2.24) is 0 Å². The van der Waals surface area contributed by atoms with Gasteiger partial charge in [0.05, 0.1) is 0 Å². The van der Waals surface area contributed by atoms with Crippen LogP contribution in [0.5, 0.6) is 11.5 Å². The van der Waals surface area contributed by atoms with E-state index in [1.54, 1.807) is 24.3 Å². The quantitative estimate of drug-likeness (QED) is 0.510. The molecule has 0 aromatic heterocycles. The Morgan fingerprint density at radius 2 is 1.47 bits per heavy atom. The summed E-state index contributed by atoms with van der Waals surface area (Å²) in [6.07, 6.45) is 0.736. The van der Waals surface area contributed by atoms with Gasteiger partial charge in [0.25, 0.3) is 0 Å². The van der Waals surface area contributed by atoms with Crippen LogP contribution in [0.1, 0.15) is 10.4 Å². The third kappa shape index (κ3) is 6.79. The third-order valence-electron chi connectivity index (χ3n) is 1.77. The molecule has 0 spiro atoms. The number of para-hydroxylation sites is 1. The summed E-state index contributed by atoms with van der Waals surface area (Å²) in [6, 6.07) is 14.4. The zero-order valence-electron chi connectivity index (χ0n) is 9.54. The molecule has 2 rings (SSSR count). The van der Waals surface area contributed by atoms with Gasteiger partial charge in [-0.2, -0.15) is 0 Å². The van der Waals surface area contributed by atoms with Crippen LogP contribution < -0.4 is 34.7 Å². The minimum Gasteiger partial charge on any atom is -0.872 e. The largest absolute Gasteiger partial charge is 1.00 e. The average molecular weight is 238 g/mol. The first kappa shape index (κ1) is 15.7. The summed E-state index contributed by atoms with van der Waals surface area (Å²) in [4.78, 5) is 10.0. The molecule has 0 radical (unpaired) electrons. The molecule has 2 aromatic rings. The van der Waals surface area contributed by atoms with Gasteiger partial charge < -0.3 is 10.2 Å². The molecule has 0 bridgehead atoms. The van der Waals surface area contributed by atoms with Gasteiger partial charge in [0.1, 0.15) is 12.0 Å². The van der Waals surface area contributed by atoms with Crippen LogP contribution in [0, 0.1) is 0 Å². The van der Waals surface area contributed by atoms with Crippen molar-refractivity contribution in [3.8, 4) is 11.5 Å². The molecular weight excluding hydrogens is 227 g/mol. The van der Waals surface area contributed by atoms with Gasteiger partial charge in [-0.25, -0.2) is 0 Å². The molecular formula is C13H11NaO3. The van der Waals surface area contributed by atoms with E-state index in [-0.39, 0.29) is 41.1 Å². The Morgan fingerprint density at radius 1 is 0.941 bits per heavy atom. The Labute approximate surface area is 122 Å². The predicted molar refractivity (Wildman–Crippen MR) is 59.4 cm³/mol. The van der Waals surface area contributed by atoms with Gasteiger partial charge in [0, 0.05) is 5.56 Å². The van der Waals surface area contributed by atoms with Crippen molar-refractivity contribution in [1.29, 1.82) is 0 Å². The maximum Gasteiger partial charge on any atom is 1.00 e. The second-order valence-corrected chi connectivity index (χ2v) is 3.02. The van der Waals surface area contributed by atoms with E-state index < -0.39 is 0 Å². The number of benzene rings is 2. The van der Waals surface area contributed by atoms with Crippen molar-refractivity contribution in [2.45, 2.75) is 0 Å². The predicted octanol–water partition coefficient (Wildman–Crippen LogP) is -1.03. The number of aromatic hydroxyl groups is 1. The van der Waals surface area contributed by atoms with E-state index in [4.69, 9.17) is 5.11 Å². The smallest absolute Gasteiger partial charge is 0.872 e. The molecule has 0 aliphatic carbocycles. The number of hydrogen-bond donors (Lipinski definition) is 1. The van der Waals surface area contributed by atoms with Crippen molar-refractivity contribution in [2.75, 3.05) is 0 Å². The summed E-state index contributed by atoms with van der Waals surface area (Å²) in [5.74, 6) is 0.253. The van der Waals surface area contributed by atoms with Gasteiger partial charge in [0.15, 0.2) is 0 Å². The van der Waals surface area contributed by atoms with E-state index in [2.05, 4.69) is 0 Å². The Hall–Kier alpha value is -1.29. The first-order valence-corrected chi connectivity index (χ1v) is 4.68. The van der Waals surface area contributed by atoms with Crippen molar-refractivity contribution in [3.63, 3.8) is 0 Å². The normalized spacial score (nSPS) is 8.24. The number of hydrogen-bond acceptors (Lipinski definition) is 3. The molecule has 17 heavy (non-hydrogen) atoms. The Bertz CT molecular complexity index is 426. The molecule has 2 aromatic carbocycles. The number of phenols is 1. The van der Waals surface area contributed by atoms with Gasteiger partial charge >= 0.3 is 29.6 Å². The number of rotatable bonds is 1. The van der Waals surface area contributed by atoms with E-state index in [1.807, 2.05) is 6.07 Å². The fourth-order valence-electron chi connectivity index (χ4n) is 0.973. The first-order chi connectivity index (χ1) is 7.72. The molecule has 3 nitrogen and oxygen atoms in total. The van der Waals surface area contributed by atoms with Crippen LogP contribution in [-0.2, 0) is 0 Å². The molecule has 82 valence electrons. The van der Waals surface area contributed by atoms with Crippen molar-refractivity contribution >= 4 is 6.29 Å². The summed E-state index contributed by atoms with van der Waals surface area (Å²) in [7, 11) is 0. The van der Waals surface area contributed by atoms with Crippen LogP contribution in [0.25, 0.3) is 0 Å². The van der Waals surface area contributed by atoms with Crippen LogP contribution in [0.2, 0.25) is 0 Å². The van der Waals surface area contributed by atoms with Gasteiger partial charge in [-0.3, -0.25) is 4.79 Å². The number of aldehydes is 1. The van der Waals surface area contributed by atoms with E-state index in [9.17, 15) is 9.90 Å². The molecule has 0 heterocycles. The Balaban J connectivity index is 0.000000292. The number of carbonyl (C=O) groups is 1. The van der Waals surface area contributed by atoms with Gasteiger partial charge in [-0.05, 0) is 24.3 Å². The summed E-state index contributed by atoms with van der Waals surface area (Å²) in [5.41, 5.74) is 0.577. The van der Waals surface area contributed by atoms with Gasteiger partial charge in [-0.15, -0.1) is 5.75 Å². The van der Waals surface area contributed by atoms with E-state index >= 15 is 0 Å². The second-order valence-electron chi connectivity index (χ2n) is 3.02. The van der Waals surface area contributed by atoms with Crippen molar-refractivity contribution < 1.29 is 44.6 Å². The minimum absolute atomic E-state index is 0. The van der Waals surface area contributed by atoms with Crippen molar-refractivity contribution in [2.24, 2.45) is 0 Å². The summed E-state index contributed by atoms with van der Waals surface area (Å²) in [6.45, 7) is 0. The SMILES string of the molecule is O=Cc1ccc(O)cc1.[Na+].[O-]c1ccccc1. The molecule has 0 atom stereocenters. The van der Waals surface area contributed by atoms with Crippen LogP contribution in [-0.4, -0.2) is 11.4 Å². The Morgan fingerprint density at radius 3 is 1.82 bits per heavy atom. The fourth-order valence-corrected chi connectivity index (χ4v) is 0.973. The number of carbonyl (C=O) groups excluding carboxylic acids is 1. The van der Waals surface area contributed by atoms with E-state index in [0.717, 1.165) is 6.29 Å². The van der Waals surface area contributed by atoms with Crippen LogP contribution in [0.15, 0.2) is 54.6 Å². The average Bonchev–Trinajstić information content (AvgIpc) is 2.32. The molecule has 0 saturated carbocycles. The van der Waals surface area contributed by atoms with Crippen LogP contribution >= 0.6 is 0 Å². The van der Waals surface area contributed by atoms with Crippen LogP contribution in [0.3, 0.4) is 0 Å². The van der Waals surface area contributed by atoms with Crippen molar-refractivity contribution in [3.05, 3.63) is 60.2 Å². The second kappa shape index (κ2) is 8.82. The zero-order chi connectivity index (χ0) is 11.8. The summed E-state index contributed by atoms with van der Waals surface area (Å²) in [5, 5.41) is 19.0. The molecule has 0 amide bonds. The minimum atomic E-state index is 0. The maximum atomic E-state index is 10.3. The number of phenolic OH excluding ortho intramolecular Hbond substituents is 1. The van der Waals surface area contributed by atoms with Gasteiger partial charge in [0.2, 0.25) is 0 Å². The van der Waals surface area contributed by atoms with E-state index in [1.165, 1.54) is 24.3 Å². The molecule has 0 aliphatic rings. The maximum absolute atomic E-state index is 10.3. The Kier molecular flexibility index (Phi) is 8.15. The molecule has 4 heteroatoms. The van der Waals surface area contributed by atoms with Crippen LogP contribution in [0.4, 0.5) is 0 Å². The molecule has 1 N–H and O–H groups in total. The standard InChI is InChI=1S/C7H6O2.C6H6O.Na/c8-5-6-1-3-7(9)4-2-6;7-6-4-2-1-3-5-6;/h1-5,9H;1-5,7H;/q;;+1/p-1. The topological polar surface area (TPSA) is 60.4 Å².